The highest BCUT2D eigenvalue weighted by atomic mass is 31.2. The maximum absolute atomic E-state index is 12.3. The van der Waals surface area contributed by atoms with Crippen molar-refractivity contribution in [2.45, 2.75) is 108 Å². The van der Waals surface area contributed by atoms with Crippen LogP contribution in [-0.4, -0.2) is 139 Å². The number of piperidine rings is 1. The molecule has 0 spiro atoms. The first-order chi connectivity index (χ1) is 28.0. The molecule has 322 valence electrons. The first-order valence-electron chi connectivity index (χ1n) is 20.9. The molecule has 1 aromatic carbocycles. The van der Waals surface area contributed by atoms with Gasteiger partial charge in [-0.25, -0.2) is 4.98 Å². The number of fused-ring (bicyclic) bond motifs is 1. The van der Waals surface area contributed by atoms with Crippen LogP contribution in [0.2, 0.25) is 0 Å². The molecule has 11 N–H and O–H groups in total. The van der Waals surface area contributed by atoms with E-state index in [-0.39, 0.29) is 37.9 Å². The number of aliphatic hydroxyl groups is 1. The van der Waals surface area contributed by atoms with Gasteiger partial charge in [0.15, 0.2) is 0 Å². The van der Waals surface area contributed by atoms with E-state index in [1.54, 1.807) is 0 Å². The van der Waals surface area contributed by atoms with Gasteiger partial charge in [-0.05, 0) is 76.7 Å². The van der Waals surface area contributed by atoms with Gasteiger partial charge in [0.2, 0.25) is 17.8 Å². The zero-order valence-electron chi connectivity index (χ0n) is 33.5. The number of likely N-dealkylation sites (tertiary alicyclic amines) is 1. The number of carbonyl (C=O) groups is 2. The summed E-state index contributed by atoms with van der Waals surface area (Å²) in [6.07, 6.45) is 11.3. The zero-order chi connectivity index (χ0) is 41.2. The third-order valence-corrected chi connectivity index (χ3v) is 11.4. The lowest BCUT2D eigenvalue weighted by atomic mass is 9.95. The number of aliphatic hydroxyl groups excluding tert-OH is 1. The van der Waals surface area contributed by atoms with Gasteiger partial charge in [0.05, 0.1) is 36.6 Å². The van der Waals surface area contributed by atoms with Crippen LogP contribution in [0.4, 0.5) is 11.8 Å². The number of rotatable bonds is 25. The number of β-amino-alcohol motifs (C(OH)–C–C–N with tert-alkyl or cyclic N) is 1. The number of aryl methyl sites for hydroxylation is 1. The summed E-state index contributed by atoms with van der Waals surface area (Å²) >= 11 is 0. The van der Waals surface area contributed by atoms with Crippen molar-refractivity contribution in [2.75, 3.05) is 69.2 Å². The summed E-state index contributed by atoms with van der Waals surface area (Å²) in [6, 6.07) is 7.81. The summed E-state index contributed by atoms with van der Waals surface area (Å²) in [5.41, 5.74) is 7.44. The number of aromatic nitrogens is 5. The second-order valence-corrected chi connectivity index (χ2v) is 17.3. The number of para-hydroxylation sites is 1. The standard InChI is InChI=1S/C38H64N13O6P/c39-33(37(54)42-19-23-58(55,56)57)12-13-35(53)43-25-31(52)27-50-21-14-29(15-22-50)45-36-32-10-4-5-11-34(32)46-38(47-36)44-24-30-26-51(49-48-30)20-7-17-40-16-6-18-41-28-8-2-1-3-9-28/h4-5,10-11,26,28-29,31,33,40-41,52H,1-3,6-9,12-25,27,39H2,(H,42,54)(H,43,53)(H2,55,56,57)(H2,44,45,46,47)/t31-,33+/m1/s1. The van der Waals surface area contributed by atoms with Crippen LogP contribution in [0.5, 0.6) is 0 Å². The van der Waals surface area contributed by atoms with E-state index in [1.165, 1.54) is 32.1 Å². The Hall–Kier alpha value is -3.81. The van der Waals surface area contributed by atoms with E-state index in [4.69, 9.17) is 25.5 Å². The van der Waals surface area contributed by atoms with E-state index >= 15 is 0 Å². The molecule has 3 aromatic rings. The van der Waals surface area contributed by atoms with E-state index in [9.17, 15) is 19.3 Å². The molecule has 1 saturated carbocycles. The lowest BCUT2D eigenvalue weighted by Gasteiger charge is -2.34. The fourth-order valence-electron chi connectivity index (χ4n) is 7.29. The van der Waals surface area contributed by atoms with E-state index in [0.29, 0.717) is 19.0 Å². The van der Waals surface area contributed by atoms with Gasteiger partial charge in [-0.3, -0.25) is 18.8 Å². The molecule has 2 amide bonds. The highest BCUT2D eigenvalue weighted by Gasteiger charge is 2.23. The number of carbonyl (C=O) groups excluding carboxylic acids is 2. The predicted octanol–water partition coefficient (Wildman–Crippen LogP) is 0.880. The monoisotopic (exact) mass is 829 g/mol. The van der Waals surface area contributed by atoms with Gasteiger partial charge in [-0.15, -0.1) is 5.10 Å². The number of nitrogens with two attached hydrogens (primary N) is 1. The molecule has 0 bridgehead atoms. The topological polar surface area (TPSA) is 270 Å². The van der Waals surface area contributed by atoms with Gasteiger partial charge in [-0.1, -0.05) is 36.6 Å². The molecule has 19 nitrogen and oxygen atoms in total. The SMILES string of the molecule is N[C@@H](CCC(=O)NC[C@@H](O)CN1CCC(Nc2nc(NCc3cn(CCCNCCCNC4CCCCC4)nn3)nc3ccccc23)CC1)C(=O)NCCP(=O)(O)O. The molecule has 1 aliphatic heterocycles. The van der Waals surface area contributed by atoms with Gasteiger partial charge >= 0.3 is 7.60 Å². The molecule has 5 rings (SSSR count). The van der Waals surface area contributed by atoms with Crippen LogP contribution in [0.3, 0.4) is 0 Å². The van der Waals surface area contributed by atoms with Crippen LogP contribution in [-0.2, 0) is 27.2 Å². The van der Waals surface area contributed by atoms with Crippen LogP contribution in [0, 0.1) is 0 Å². The molecule has 20 heteroatoms. The molecular formula is C38H64N13O6P. The van der Waals surface area contributed by atoms with Crippen molar-refractivity contribution >= 4 is 42.1 Å². The first-order valence-corrected chi connectivity index (χ1v) is 22.7. The number of anilines is 2. The van der Waals surface area contributed by atoms with Crippen molar-refractivity contribution < 1.29 is 29.0 Å². The fourth-order valence-corrected chi connectivity index (χ4v) is 7.69. The molecule has 1 aliphatic carbocycles. The van der Waals surface area contributed by atoms with Gasteiger partial charge in [0, 0.05) is 63.2 Å². The Labute approximate surface area is 340 Å². The van der Waals surface area contributed by atoms with Crippen molar-refractivity contribution in [3.63, 3.8) is 0 Å². The normalized spacial score (nSPS) is 16.9. The maximum Gasteiger partial charge on any atom is 0.327 e. The maximum atomic E-state index is 12.3. The summed E-state index contributed by atoms with van der Waals surface area (Å²) in [5, 5.41) is 39.5. The van der Waals surface area contributed by atoms with Crippen molar-refractivity contribution in [1.82, 2.24) is 51.1 Å². The van der Waals surface area contributed by atoms with Crippen LogP contribution >= 0.6 is 7.60 Å². The van der Waals surface area contributed by atoms with Gasteiger partial charge in [0.25, 0.3) is 0 Å². The zero-order valence-corrected chi connectivity index (χ0v) is 34.4. The number of benzene rings is 1. The first kappa shape index (κ1) is 45.3. The van der Waals surface area contributed by atoms with Gasteiger partial charge < -0.3 is 57.4 Å². The molecular weight excluding hydrogens is 765 g/mol. The Morgan fingerprint density at radius 2 is 1.72 bits per heavy atom. The second-order valence-electron chi connectivity index (χ2n) is 15.5. The molecule has 2 aliphatic rings. The van der Waals surface area contributed by atoms with E-state index in [2.05, 4.69) is 47.1 Å². The molecule has 3 heterocycles. The summed E-state index contributed by atoms with van der Waals surface area (Å²) in [7, 11) is -4.22. The van der Waals surface area contributed by atoms with Crippen molar-refractivity contribution in [3.8, 4) is 0 Å². The molecule has 58 heavy (non-hydrogen) atoms. The molecule has 2 aromatic heterocycles. The Morgan fingerprint density at radius 1 is 0.948 bits per heavy atom. The van der Waals surface area contributed by atoms with E-state index < -0.39 is 31.8 Å². The van der Waals surface area contributed by atoms with Crippen molar-refractivity contribution in [3.05, 3.63) is 36.2 Å². The van der Waals surface area contributed by atoms with Crippen molar-refractivity contribution in [2.24, 2.45) is 5.73 Å². The second kappa shape index (κ2) is 23.7. The van der Waals surface area contributed by atoms with Gasteiger partial charge in [-0.2, -0.15) is 4.98 Å². The number of hydrogen-bond donors (Lipinski definition) is 10. The van der Waals surface area contributed by atoms with Crippen molar-refractivity contribution in [1.29, 1.82) is 0 Å². The molecule has 0 unspecified atom stereocenters. The highest BCUT2D eigenvalue weighted by Crippen LogP contribution is 2.32. The smallest absolute Gasteiger partial charge is 0.327 e. The quantitative estimate of drug-likeness (QED) is 0.0420. The summed E-state index contributed by atoms with van der Waals surface area (Å²) in [5.74, 6) is 0.330. The minimum absolute atomic E-state index is 0.0235. The summed E-state index contributed by atoms with van der Waals surface area (Å²) < 4.78 is 12.8. The van der Waals surface area contributed by atoms with E-state index in [1.807, 2.05) is 35.1 Å². The lowest BCUT2D eigenvalue weighted by Crippen LogP contribution is -2.45. The average Bonchev–Trinajstić information content (AvgIpc) is 3.67. The fraction of sp³-hybridized carbons (Fsp3) is 0.684. The minimum Gasteiger partial charge on any atom is -0.390 e. The third-order valence-electron chi connectivity index (χ3n) is 10.6. The van der Waals surface area contributed by atoms with Crippen LogP contribution in [0.15, 0.2) is 30.5 Å². The molecule has 2 fully saturated rings. The predicted molar refractivity (Wildman–Crippen MR) is 223 cm³/mol. The average molecular weight is 830 g/mol. The van der Waals surface area contributed by atoms with E-state index in [0.717, 1.165) is 93.4 Å². The number of nitrogens with one attached hydrogen (secondary N) is 6. The minimum atomic E-state index is -4.22. The molecule has 0 radical (unpaired) electrons. The number of hydrogen-bond acceptors (Lipinski definition) is 14. The van der Waals surface area contributed by atoms with Crippen LogP contribution < -0.4 is 37.6 Å². The lowest BCUT2D eigenvalue weighted by molar-refractivity contribution is -0.123. The van der Waals surface area contributed by atoms with Crippen LogP contribution in [0.1, 0.15) is 76.3 Å². The van der Waals surface area contributed by atoms with Gasteiger partial charge in [0.1, 0.15) is 11.5 Å². The summed E-state index contributed by atoms with van der Waals surface area (Å²) in [6.45, 7) is 6.05. The Kier molecular flexibility index (Phi) is 18.5. The third kappa shape index (κ3) is 16.4. The van der Waals surface area contributed by atoms with Crippen LogP contribution in [0.25, 0.3) is 10.9 Å². The number of nitrogens with zero attached hydrogens (tertiary/aromatic N) is 6. The largest absolute Gasteiger partial charge is 0.390 e. The highest BCUT2D eigenvalue weighted by molar-refractivity contribution is 7.51. The molecule has 2 atom stereocenters. The Balaban J connectivity index is 0.970. The summed E-state index contributed by atoms with van der Waals surface area (Å²) in [4.78, 5) is 53.8. The Morgan fingerprint density at radius 3 is 2.52 bits per heavy atom. The molecule has 1 saturated heterocycles. The Bertz CT molecular complexity index is 1750. The number of amides is 2.